The summed E-state index contributed by atoms with van der Waals surface area (Å²) in [7, 11) is 1.64. The topological polar surface area (TPSA) is 45.7 Å². The summed E-state index contributed by atoms with van der Waals surface area (Å²) in [5.74, 6) is 0.784. The molecule has 1 amide bonds. The fraction of sp³-hybridized carbons (Fsp3) is 0.200. The third-order valence-corrected chi connectivity index (χ3v) is 5.25. The number of nitrogens with zero attached hydrogens (tertiary/aromatic N) is 3. The number of benzene rings is 2. The Labute approximate surface area is 177 Å². The van der Waals surface area contributed by atoms with Crippen LogP contribution in [0.1, 0.15) is 18.1 Å². The highest BCUT2D eigenvalue weighted by atomic mass is 16.5. The number of anilines is 1. The second-order valence-corrected chi connectivity index (χ2v) is 7.39. The van der Waals surface area contributed by atoms with Gasteiger partial charge in [0.15, 0.2) is 0 Å². The van der Waals surface area contributed by atoms with Crippen molar-refractivity contribution in [1.29, 1.82) is 0 Å². The Hall–Kier alpha value is -3.60. The summed E-state index contributed by atoms with van der Waals surface area (Å²) in [5, 5.41) is 3.90. The molecule has 30 heavy (non-hydrogen) atoms. The first-order valence-corrected chi connectivity index (χ1v) is 10.0. The Balaban J connectivity index is 1.66. The molecule has 0 unspecified atom stereocenters. The molecule has 0 radical (unpaired) electrons. The van der Waals surface area contributed by atoms with E-state index in [4.69, 9.17) is 4.74 Å². The Morgan fingerprint density at radius 1 is 1.03 bits per heavy atom. The molecule has 2 heterocycles. The molecule has 0 N–H and O–H groups in total. The lowest BCUT2D eigenvalue weighted by Gasteiger charge is -2.32. The summed E-state index contributed by atoms with van der Waals surface area (Å²) in [4.78, 5) is 17.8. The van der Waals surface area contributed by atoms with E-state index in [1.807, 2.05) is 77.9 Å². The summed E-state index contributed by atoms with van der Waals surface area (Å²) in [6.07, 6.45) is 4.58. The van der Waals surface area contributed by atoms with E-state index in [0.717, 1.165) is 28.3 Å². The lowest BCUT2D eigenvalue weighted by Crippen LogP contribution is -2.43. The number of aromatic nitrogens is 1. The molecule has 0 bridgehead atoms. The molecular weight excluding hydrogens is 374 g/mol. The molecule has 1 aliphatic rings. The third-order valence-electron chi connectivity index (χ3n) is 5.25. The van der Waals surface area contributed by atoms with Crippen LogP contribution in [0.3, 0.4) is 0 Å². The number of pyridine rings is 1. The zero-order valence-electron chi connectivity index (χ0n) is 17.3. The van der Waals surface area contributed by atoms with Crippen molar-refractivity contribution in [2.24, 2.45) is 0 Å². The maximum absolute atomic E-state index is 13.5. The smallest absolute Gasteiger partial charge is 0.249 e. The van der Waals surface area contributed by atoms with Crippen LogP contribution in [0.2, 0.25) is 0 Å². The van der Waals surface area contributed by atoms with Gasteiger partial charge in [0.1, 0.15) is 5.75 Å². The number of hydrogen-bond acceptors (Lipinski definition) is 4. The molecule has 1 aliphatic heterocycles. The van der Waals surface area contributed by atoms with Crippen LogP contribution in [0.4, 0.5) is 5.69 Å². The first-order valence-electron chi connectivity index (χ1n) is 10.0. The van der Waals surface area contributed by atoms with Crippen LogP contribution in [0.5, 0.6) is 5.75 Å². The minimum absolute atomic E-state index is 0.0304. The van der Waals surface area contributed by atoms with Crippen molar-refractivity contribution in [2.45, 2.75) is 19.8 Å². The van der Waals surface area contributed by atoms with Gasteiger partial charge in [-0.15, -0.1) is 0 Å². The summed E-state index contributed by atoms with van der Waals surface area (Å²) >= 11 is 0. The molecule has 5 heteroatoms. The number of methoxy groups -OCH3 is 1. The number of allylic oxidation sites excluding steroid dienone is 1. The van der Waals surface area contributed by atoms with Crippen molar-refractivity contribution in [3.05, 3.63) is 102 Å². The number of rotatable bonds is 6. The van der Waals surface area contributed by atoms with E-state index in [-0.39, 0.29) is 5.91 Å². The molecule has 152 valence electrons. The molecule has 0 spiro atoms. The van der Waals surface area contributed by atoms with E-state index in [1.54, 1.807) is 13.3 Å². The Morgan fingerprint density at radius 2 is 1.83 bits per heavy atom. The minimum atomic E-state index is 0.0304. The zero-order valence-corrected chi connectivity index (χ0v) is 17.3. The van der Waals surface area contributed by atoms with Crippen molar-refractivity contribution in [2.75, 3.05) is 18.7 Å². The molecule has 0 aliphatic carbocycles. The summed E-state index contributed by atoms with van der Waals surface area (Å²) < 4.78 is 5.32. The van der Waals surface area contributed by atoms with E-state index in [9.17, 15) is 4.79 Å². The minimum Gasteiger partial charge on any atom is -0.497 e. The summed E-state index contributed by atoms with van der Waals surface area (Å²) in [6.45, 7) is 2.78. The highest BCUT2D eigenvalue weighted by molar-refractivity contribution is 5.83. The molecule has 4 rings (SSSR count). The number of ether oxygens (including phenoxy) is 1. The highest BCUT2D eigenvalue weighted by Crippen LogP contribution is 2.31. The monoisotopic (exact) mass is 399 g/mol. The van der Waals surface area contributed by atoms with Gasteiger partial charge in [0, 0.05) is 24.5 Å². The van der Waals surface area contributed by atoms with Crippen molar-refractivity contribution < 1.29 is 9.53 Å². The van der Waals surface area contributed by atoms with Gasteiger partial charge in [0.05, 0.1) is 25.8 Å². The number of amides is 1. The van der Waals surface area contributed by atoms with E-state index in [2.05, 4.69) is 16.9 Å². The average molecular weight is 399 g/mol. The van der Waals surface area contributed by atoms with E-state index in [0.29, 0.717) is 19.4 Å². The van der Waals surface area contributed by atoms with Crippen LogP contribution in [0.25, 0.3) is 0 Å². The van der Waals surface area contributed by atoms with Crippen LogP contribution in [0, 0.1) is 0 Å². The number of hydrogen-bond donors (Lipinski definition) is 0. The van der Waals surface area contributed by atoms with Crippen LogP contribution in [0.15, 0.2) is 90.4 Å². The van der Waals surface area contributed by atoms with Gasteiger partial charge < -0.3 is 4.74 Å². The number of carbonyl (C=O) groups is 1. The van der Waals surface area contributed by atoms with E-state index in [1.165, 1.54) is 5.57 Å². The standard InChI is InChI=1S/C25H25N3O2/c1-19-18-27(22-10-4-3-5-11-22)28(24(19)15-21-9-7-13-26-17-21)25(29)16-20-8-6-12-23(14-20)30-2/h3-14,17H,15-16,18H2,1-2H3. The van der Waals surface area contributed by atoms with Gasteiger partial charge in [-0.1, -0.05) is 36.4 Å². The number of hydrazine groups is 1. The van der Waals surface area contributed by atoms with Crippen LogP contribution in [-0.2, 0) is 17.6 Å². The van der Waals surface area contributed by atoms with Crippen LogP contribution < -0.4 is 9.75 Å². The molecule has 0 fully saturated rings. The largest absolute Gasteiger partial charge is 0.497 e. The van der Waals surface area contributed by atoms with Gasteiger partial charge >= 0.3 is 0 Å². The number of para-hydroxylation sites is 1. The SMILES string of the molecule is COc1cccc(CC(=O)N2C(Cc3cccnc3)=C(C)CN2c2ccccc2)c1. The van der Waals surface area contributed by atoms with Crippen molar-refractivity contribution >= 4 is 11.6 Å². The van der Waals surface area contributed by atoms with Gasteiger partial charge in [0.2, 0.25) is 5.91 Å². The van der Waals surface area contributed by atoms with Crippen LogP contribution >= 0.6 is 0 Å². The fourth-order valence-electron chi connectivity index (χ4n) is 3.76. The van der Waals surface area contributed by atoms with E-state index < -0.39 is 0 Å². The molecule has 0 atom stereocenters. The van der Waals surface area contributed by atoms with Crippen molar-refractivity contribution in [3.63, 3.8) is 0 Å². The molecule has 2 aromatic carbocycles. The maximum Gasteiger partial charge on any atom is 0.249 e. The molecule has 5 nitrogen and oxygen atoms in total. The van der Waals surface area contributed by atoms with Gasteiger partial charge in [-0.25, -0.2) is 5.01 Å². The quantitative estimate of drug-likeness (QED) is 0.616. The highest BCUT2D eigenvalue weighted by Gasteiger charge is 2.33. The van der Waals surface area contributed by atoms with E-state index >= 15 is 0 Å². The molecule has 1 aromatic heterocycles. The third kappa shape index (κ3) is 4.20. The van der Waals surface area contributed by atoms with Crippen molar-refractivity contribution in [1.82, 2.24) is 9.99 Å². The second-order valence-electron chi connectivity index (χ2n) is 7.39. The second kappa shape index (κ2) is 8.82. The molecule has 3 aromatic rings. The van der Waals surface area contributed by atoms with Gasteiger partial charge in [0.25, 0.3) is 0 Å². The van der Waals surface area contributed by atoms with Crippen LogP contribution in [-0.4, -0.2) is 29.6 Å². The predicted molar refractivity (Wildman–Crippen MR) is 118 cm³/mol. The van der Waals surface area contributed by atoms with Gasteiger partial charge in [-0.05, 0) is 54.0 Å². The van der Waals surface area contributed by atoms with Gasteiger partial charge in [-0.2, -0.15) is 0 Å². The first-order chi connectivity index (χ1) is 14.7. The number of carbonyl (C=O) groups excluding carboxylic acids is 1. The molecular formula is C25H25N3O2. The lowest BCUT2D eigenvalue weighted by atomic mass is 10.1. The molecule has 0 saturated carbocycles. The normalized spacial score (nSPS) is 13.7. The van der Waals surface area contributed by atoms with Gasteiger partial charge in [-0.3, -0.25) is 14.8 Å². The zero-order chi connectivity index (χ0) is 20.9. The Kier molecular flexibility index (Phi) is 5.80. The Morgan fingerprint density at radius 3 is 2.57 bits per heavy atom. The summed E-state index contributed by atoms with van der Waals surface area (Å²) in [5.41, 5.74) is 5.21. The molecule has 0 saturated heterocycles. The van der Waals surface area contributed by atoms with Crippen molar-refractivity contribution in [3.8, 4) is 5.75 Å². The predicted octanol–water partition coefficient (Wildman–Crippen LogP) is 4.41. The summed E-state index contributed by atoms with van der Waals surface area (Å²) in [6, 6.07) is 21.7. The first kappa shape index (κ1) is 19.7. The lowest BCUT2D eigenvalue weighted by molar-refractivity contribution is -0.128. The Bertz CT molecular complexity index is 1050. The fourth-order valence-corrected chi connectivity index (χ4v) is 3.76. The maximum atomic E-state index is 13.5. The average Bonchev–Trinajstić information content (AvgIpc) is 3.11.